The van der Waals surface area contributed by atoms with Gasteiger partial charge in [0.05, 0.1) is 17.2 Å². The summed E-state index contributed by atoms with van der Waals surface area (Å²) in [7, 11) is -3.27. The van der Waals surface area contributed by atoms with Crippen molar-refractivity contribution in [3.63, 3.8) is 0 Å². The van der Waals surface area contributed by atoms with Crippen LogP contribution in [0.4, 0.5) is 5.00 Å². The predicted octanol–water partition coefficient (Wildman–Crippen LogP) is 2.50. The Morgan fingerprint density at radius 2 is 2.12 bits per heavy atom. The smallest absolute Gasteiger partial charge is 0.229 e. The van der Waals surface area contributed by atoms with Crippen LogP contribution < -0.4 is 5.32 Å². The monoisotopic (exact) mass is 381 g/mol. The second-order valence-corrected chi connectivity index (χ2v) is 9.98. The fraction of sp³-hybridized carbons (Fsp3) is 0.647. The van der Waals surface area contributed by atoms with Crippen LogP contribution >= 0.6 is 11.3 Å². The third-order valence-corrected chi connectivity index (χ3v) is 8.09. The number of nitrogens with zero attached hydrogens (tertiary/aromatic N) is 2. The Morgan fingerprint density at radius 1 is 1.36 bits per heavy atom. The van der Waals surface area contributed by atoms with E-state index >= 15 is 0 Å². The molecule has 3 rings (SSSR count). The molecular formula is C17H23N3O3S2. The number of hydrogen-bond acceptors (Lipinski definition) is 5. The summed E-state index contributed by atoms with van der Waals surface area (Å²) in [6.07, 6.45) is 5.43. The number of fused-ring (bicyclic) bond motifs is 1. The molecular weight excluding hydrogens is 358 g/mol. The standard InChI is InChI=1S/C17H23N3O3S2/c1-2-25(22,23)20-9-5-6-12(11-20)16(21)19-17-14(10-18)13-7-3-4-8-15(13)24-17/h12H,2-9,11H2,1H3,(H,19,21)/t12-/m0/s1. The van der Waals surface area contributed by atoms with Gasteiger partial charge in [0.2, 0.25) is 15.9 Å². The lowest BCUT2D eigenvalue weighted by Gasteiger charge is -2.30. The Labute approximate surface area is 152 Å². The third-order valence-electron chi connectivity index (χ3n) is 5.03. The summed E-state index contributed by atoms with van der Waals surface area (Å²) < 4.78 is 25.6. The second kappa shape index (κ2) is 7.44. The Kier molecular flexibility index (Phi) is 5.46. The summed E-state index contributed by atoms with van der Waals surface area (Å²) in [4.78, 5) is 13.9. The minimum Gasteiger partial charge on any atom is -0.316 e. The Morgan fingerprint density at radius 3 is 2.84 bits per heavy atom. The molecule has 25 heavy (non-hydrogen) atoms. The maximum absolute atomic E-state index is 12.7. The van der Waals surface area contributed by atoms with Crippen molar-refractivity contribution in [2.24, 2.45) is 5.92 Å². The van der Waals surface area contributed by atoms with Gasteiger partial charge in [-0.15, -0.1) is 11.3 Å². The number of piperidine rings is 1. The lowest BCUT2D eigenvalue weighted by molar-refractivity contribution is -0.120. The van der Waals surface area contributed by atoms with Gasteiger partial charge >= 0.3 is 0 Å². The van der Waals surface area contributed by atoms with Crippen LogP contribution in [0.3, 0.4) is 0 Å². The largest absolute Gasteiger partial charge is 0.316 e. The van der Waals surface area contributed by atoms with Crippen LogP contribution in [0.25, 0.3) is 0 Å². The van der Waals surface area contributed by atoms with Gasteiger partial charge in [0.1, 0.15) is 11.1 Å². The van der Waals surface area contributed by atoms with Crippen molar-refractivity contribution in [1.82, 2.24) is 4.31 Å². The van der Waals surface area contributed by atoms with Crippen LogP contribution in [0.5, 0.6) is 0 Å². The average molecular weight is 382 g/mol. The van der Waals surface area contributed by atoms with Crippen LogP contribution in [-0.2, 0) is 27.7 Å². The molecule has 1 aliphatic carbocycles. The van der Waals surface area contributed by atoms with Gasteiger partial charge in [0.15, 0.2) is 0 Å². The summed E-state index contributed by atoms with van der Waals surface area (Å²) in [6, 6.07) is 2.24. The number of anilines is 1. The summed E-state index contributed by atoms with van der Waals surface area (Å²) in [5, 5.41) is 13.0. The molecule has 1 N–H and O–H groups in total. The molecule has 2 heterocycles. The van der Waals surface area contributed by atoms with Crippen molar-refractivity contribution in [3.8, 4) is 6.07 Å². The van der Waals surface area contributed by atoms with Crippen LogP contribution in [-0.4, -0.2) is 37.5 Å². The second-order valence-electron chi connectivity index (χ2n) is 6.61. The summed E-state index contributed by atoms with van der Waals surface area (Å²) in [5.41, 5.74) is 1.69. The van der Waals surface area contributed by atoms with Crippen LogP contribution in [0.2, 0.25) is 0 Å². The van der Waals surface area contributed by atoms with Crippen LogP contribution in [0, 0.1) is 17.2 Å². The Bertz CT molecular complexity index is 808. The zero-order valence-corrected chi connectivity index (χ0v) is 16.0. The maximum atomic E-state index is 12.7. The highest BCUT2D eigenvalue weighted by Crippen LogP contribution is 2.38. The lowest BCUT2D eigenvalue weighted by Crippen LogP contribution is -2.44. The van der Waals surface area contributed by atoms with E-state index in [1.807, 2.05) is 0 Å². The first kappa shape index (κ1) is 18.4. The van der Waals surface area contributed by atoms with Gasteiger partial charge in [-0.05, 0) is 51.0 Å². The number of rotatable bonds is 4. The molecule has 1 saturated heterocycles. The maximum Gasteiger partial charge on any atom is 0.229 e. The minimum absolute atomic E-state index is 0.0531. The molecule has 6 nitrogen and oxygen atoms in total. The van der Waals surface area contributed by atoms with Gasteiger partial charge in [-0.2, -0.15) is 5.26 Å². The molecule has 1 aromatic heterocycles. The number of aryl methyl sites for hydroxylation is 1. The molecule has 1 amide bonds. The molecule has 8 heteroatoms. The summed E-state index contributed by atoms with van der Waals surface area (Å²) >= 11 is 1.50. The fourth-order valence-corrected chi connectivity index (χ4v) is 6.00. The molecule has 1 fully saturated rings. The Hall–Kier alpha value is -1.43. The van der Waals surface area contributed by atoms with E-state index in [1.54, 1.807) is 6.92 Å². The molecule has 1 atom stereocenters. The van der Waals surface area contributed by atoms with E-state index in [1.165, 1.54) is 20.5 Å². The van der Waals surface area contributed by atoms with Crippen molar-refractivity contribution in [3.05, 3.63) is 16.0 Å². The van der Waals surface area contributed by atoms with Gasteiger partial charge in [0, 0.05) is 18.0 Å². The quantitative estimate of drug-likeness (QED) is 0.867. The lowest BCUT2D eigenvalue weighted by atomic mass is 9.96. The number of nitriles is 1. The predicted molar refractivity (Wildman–Crippen MR) is 98.1 cm³/mol. The first-order valence-corrected chi connectivity index (χ1v) is 11.2. The van der Waals surface area contributed by atoms with Gasteiger partial charge in [-0.25, -0.2) is 12.7 Å². The number of hydrogen-bond donors (Lipinski definition) is 1. The van der Waals surface area contributed by atoms with Gasteiger partial charge in [-0.1, -0.05) is 0 Å². The van der Waals surface area contributed by atoms with Crippen molar-refractivity contribution in [1.29, 1.82) is 5.26 Å². The van der Waals surface area contributed by atoms with Crippen LogP contribution in [0.15, 0.2) is 0 Å². The van der Waals surface area contributed by atoms with Gasteiger partial charge in [0.25, 0.3) is 0 Å². The highest BCUT2D eigenvalue weighted by Gasteiger charge is 2.32. The number of amides is 1. The summed E-state index contributed by atoms with van der Waals surface area (Å²) in [5.74, 6) is -0.482. The highest BCUT2D eigenvalue weighted by molar-refractivity contribution is 7.89. The first-order valence-electron chi connectivity index (χ1n) is 8.79. The molecule has 1 aliphatic heterocycles. The number of carbonyl (C=O) groups excluding carboxylic acids is 1. The SMILES string of the molecule is CCS(=O)(=O)N1CCC[C@H](C(=O)Nc2sc3c(c2C#N)CCCC3)C1. The Balaban J connectivity index is 1.74. The van der Waals surface area contributed by atoms with Gasteiger partial charge in [-0.3, -0.25) is 4.79 Å². The number of nitrogens with one attached hydrogen (secondary N) is 1. The van der Waals surface area contributed by atoms with Crippen molar-refractivity contribution >= 4 is 32.3 Å². The first-order chi connectivity index (χ1) is 12.0. The van der Waals surface area contributed by atoms with Crippen molar-refractivity contribution in [2.45, 2.75) is 45.4 Å². The van der Waals surface area contributed by atoms with Crippen LogP contribution in [0.1, 0.15) is 48.6 Å². The van der Waals surface area contributed by atoms with E-state index in [0.29, 0.717) is 30.0 Å². The molecule has 0 bridgehead atoms. The van der Waals surface area contributed by atoms with Crippen molar-refractivity contribution < 1.29 is 13.2 Å². The molecule has 1 aromatic rings. The summed E-state index contributed by atoms with van der Waals surface area (Å²) in [6.45, 7) is 2.33. The third kappa shape index (κ3) is 3.73. The topological polar surface area (TPSA) is 90.3 Å². The van der Waals surface area contributed by atoms with Gasteiger partial charge < -0.3 is 5.32 Å². The molecule has 0 unspecified atom stereocenters. The number of thiophene rings is 1. The van der Waals surface area contributed by atoms with E-state index in [-0.39, 0.29) is 24.1 Å². The number of sulfonamides is 1. The molecule has 136 valence electrons. The minimum atomic E-state index is -3.27. The van der Waals surface area contributed by atoms with E-state index in [0.717, 1.165) is 31.2 Å². The average Bonchev–Trinajstić information content (AvgIpc) is 2.98. The number of carbonyl (C=O) groups is 1. The van der Waals surface area contributed by atoms with E-state index in [4.69, 9.17) is 0 Å². The van der Waals surface area contributed by atoms with E-state index < -0.39 is 10.0 Å². The molecule has 0 saturated carbocycles. The zero-order chi connectivity index (χ0) is 18.0. The van der Waals surface area contributed by atoms with E-state index in [2.05, 4.69) is 11.4 Å². The molecule has 2 aliphatic rings. The molecule has 0 spiro atoms. The molecule has 0 radical (unpaired) electrons. The normalized spacial score (nSPS) is 21.4. The highest BCUT2D eigenvalue weighted by atomic mass is 32.2. The van der Waals surface area contributed by atoms with Crippen molar-refractivity contribution in [2.75, 3.05) is 24.2 Å². The zero-order valence-electron chi connectivity index (χ0n) is 14.4. The molecule has 0 aromatic carbocycles. The van der Waals surface area contributed by atoms with E-state index in [9.17, 15) is 18.5 Å². The fourth-order valence-electron chi connectivity index (χ4n) is 3.58.